The number of aromatic nitrogens is 5. The van der Waals surface area contributed by atoms with E-state index in [1.165, 1.54) is 40.4 Å². The Labute approximate surface area is 163 Å². The number of nitrogens with zero attached hydrogens (tertiary/aromatic N) is 5. The zero-order valence-corrected chi connectivity index (χ0v) is 15.9. The van der Waals surface area contributed by atoms with Crippen LogP contribution >= 0.6 is 11.3 Å². The molecule has 1 amide bonds. The fourth-order valence-electron chi connectivity index (χ4n) is 2.68. The highest BCUT2D eigenvalue weighted by molar-refractivity contribution is 7.14. The first kappa shape index (κ1) is 17.9. The third kappa shape index (κ3) is 3.39. The number of benzene rings is 1. The minimum absolute atomic E-state index is 0.173. The third-order valence-electron chi connectivity index (χ3n) is 4.28. The van der Waals surface area contributed by atoms with Crippen molar-refractivity contribution in [3.05, 3.63) is 70.7 Å². The number of amides is 1. The molecule has 140 valence electrons. The van der Waals surface area contributed by atoms with Crippen LogP contribution in [0, 0.1) is 19.7 Å². The zero-order chi connectivity index (χ0) is 19.7. The fraction of sp³-hybridized carbons (Fsp3) is 0.105. The van der Waals surface area contributed by atoms with Crippen molar-refractivity contribution in [2.45, 2.75) is 13.8 Å². The van der Waals surface area contributed by atoms with E-state index in [2.05, 4.69) is 25.6 Å². The monoisotopic (exact) mass is 394 g/mol. The lowest BCUT2D eigenvalue weighted by Gasteiger charge is -2.06. The molecule has 1 aromatic carbocycles. The predicted octanol–water partition coefficient (Wildman–Crippen LogP) is 3.79. The van der Waals surface area contributed by atoms with Gasteiger partial charge in [0.1, 0.15) is 11.5 Å². The van der Waals surface area contributed by atoms with Crippen molar-refractivity contribution in [1.29, 1.82) is 0 Å². The summed E-state index contributed by atoms with van der Waals surface area (Å²) in [6.45, 7) is 3.99. The molecule has 0 unspecified atom stereocenters. The van der Waals surface area contributed by atoms with Gasteiger partial charge in [0.15, 0.2) is 10.8 Å². The van der Waals surface area contributed by atoms with Gasteiger partial charge in [0, 0.05) is 11.6 Å². The number of anilines is 1. The van der Waals surface area contributed by atoms with E-state index in [-0.39, 0.29) is 5.69 Å². The Morgan fingerprint density at radius 2 is 2.11 bits per heavy atom. The van der Waals surface area contributed by atoms with Gasteiger partial charge in [0.2, 0.25) is 0 Å². The number of aryl methyl sites for hydroxylation is 1. The highest BCUT2D eigenvalue weighted by atomic mass is 32.1. The van der Waals surface area contributed by atoms with Gasteiger partial charge in [-0.25, -0.2) is 14.1 Å². The molecule has 0 spiro atoms. The average molecular weight is 394 g/mol. The molecule has 0 aliphatic carbocycles. The first-order valence-electron chi connectivity index (χ1n) is 8.39. The third-order valence-corrected chi connectivity index (χ3v) is 5.03. The zero-order valence-electron chi connectivity index (χ0n) is 15.0. The van der Waals surface area contributed by atoms with E-state index in [1.54, 1.807) is 12.3 Å². The normalized spacial score (nSPS) is 10.8. The van der Waals surface area contributed by atoms with Gasteiger partial charge in [-0.05, 0) is 49.2 Å². The second-order valence-electron chi connectivity index (χ2n) is 6.10. The van der Waals surface area contributed by atoms with Crippen LogP contribution in [0.15, 0.2) is 48.1 Å². The maximum absolute atomic E-state index is 13.5. The standard InChI is InChI=1S/C19H15FN6OS/c1-11-6-7-21-17(12(11)2)15-10-28-19(23-15)24-18(27)16-9-22-25-26(16)14-5-3-4-13(20)8-14/h3-10H,1-2H3,(H,23,24,27). The SMILES string of the molecule is Cc1ccnc(-c2csc(NC(=O)c3cnnn3-c3cccc(F)c3)n2)c1C. The van der Waals surface area contributed by atoms with Crippen molar-refractivity contribution in [3.8, 4) is 17.1 Å². The van der Waals surface area contributed by atoms with E-state index in [9.17, 15) is 9.18 Å². The van der Waals surface area contributed by atoms with E-state index in [1.807, 2.05) is 25.3 Å². The van der Waals surface area contributed by atoms with Crippen LogP contribution < -0.4 is 5.32 Å². The molecule has 0 saturated carbocycles. The van der Waals surface area contributed by atoms with Gasteiger partial charge in [0.05, 0.1) is 17.6 Å². The minimum Gasteiger partial charge on any atom is -0.296 e. The number of halogens is 1. The number of nitrogens with one attached hydrogen (secondary N) is 1. The molecule has 28 heavy (non-hydrogen) atoms. The quantitative estimate of drug-likeness (QED) is 0.569. The maximum Gasteiger partial charge on any atom is 0.277 e. The molecule has 0 aliphatic heterocycles. The average Bonchev–Trinajstić information content (AvgIpc) is 3.33. The first-order valence-corrected chi connectivity index (χ1v) is 9.27. The number of rotatable bonds is 4. The maximum atomic E-state index is 13.5. The van der Waals surface area contributed by atoms with E-state index in [0.29, 0.717) is 16.5 Å². The molecule has 0 aliphatic rings. The first-order chi connectivity index (χ1) is 13.5. The summed E-state index contributed by atoms with van der Waals surface area (Å²) < 4.78 is 14.8. The summed E-state index contributed by atoms with van der Waals surface area (Å²) in [6.07, 6.45) is 3.06. The second-order valence-corrected chi connectivity index (χ2v) is 6.96. The number of carbonyl (C=O) groups is 1. The van der Waals surface area contributed by atoms with Crippen LogP contribution in [0.5, 0.6) is 0 Å². The molecule has 9 heteroatoms. The number of hydrogen-bond donors (Lipinski definition) is 1. The lowest BCUT2D eigenvalue weighted by Crippen LogP contribution is -2.17. The minimum atomic E-state index is -0.441. The smallest absolute Gasteiger partial charge is 0.277 e. The van der Waals surface area contributed by atoms with Crippen LogP contribution in [0.2, 0.25) is 0 Å². The summed E-state index contributed by atoms with van der Waals surface area (Å²) in [5, 5.41) is 12.6. The van der Waals surface area contributed by atoms with Gasteiger partial charge in [-0.15, -0.1) is 16.4 Å². The van der Waals surface area contributed by atoms with Gasteiger partial charge < -0.3 is 0 Å². The summed E-state index contributed by atoms with van der Waals surface area (Å²) in [7, 11) is 0. The molecule has 7 nitrogen and oxygen atoms in total. The van der Waals surface area contributed by atoms with Crippen LogP contribution in [-0.4, -0.2) is 30.9 Å². The highest BCUT2D eigenvalue weighted by Crippen LogP contribution is 2.27. The largest absolute Gasteiger partial charge is 0.296 e. The number of thiazole rings is 1. The van der Waals surface area contributed by atoms with Gasteiger partial charge in [-0.1, -0.05) is 11.3 Å². The van der Waals surface area contributed by atoms with Gasteiger partial charge in [-0.3, -0.25) is 15.1 Å². The van der Waals surface area contributed by atoms with Gasteiger partial charge in [0.25, 0.3) is 5.91 Å². The van der Waals surface area contributed by atoms with Crippen molar-refractivity contribution in [3.63, 3.8) is 0 Å². The molecule has 0 atom stereocenters. The summed E-state index contributed by atoms with van der Waals surface area (Å²) >= 11 is 1.30. The number of pyridine rings is 1. The van der Waals surface area contributed by atoms with Crippen LogP contribution in [0.3, 0.4) is 0 Å². The molecule has 0 fully saturated rings. The molecule has 0 saturated heterocycles. The van der Waals surface area contributed by atoms with E-state index >= 15 is 0 Å². The highest BCUT2D eigenvalue weighted by Gasteiger charge is 2.17. The van der Waals surface area contributed by atoms with Crippen LogP contribution in [0.4, 0.5) is 9.52 Å². The predicted molar refractivity (Wildman–Crippen MR) is 104 cm³/mol. The fourth-order valence-corrected chi connectivity index (χ4v) is 3.37. The molecule has 0 radical (unpaired) electrons. The molecule has 3 heterocycles. The van der Waals surface area contributed by atoms with Gasteiger partial charge in [-0.2, -0.15) is 0 Å². The van der Waals surface area contributed by atoms with E-state index in [4.69, 9.17) is 0 Å². The lowest BCUT2D eigenvalue weighted by molar-refractivity contribution is 0.101. The van der Waals surface area contributed by atoms with Crippen molar-refractivity contribution >= 4 is 22.4 Å². The summed E-state index contributed by atoms with van der Waals surface area (Å²) in [5.74, 6) is -0.867. The lowest BCUT2D eigenvalue weighted by atomic mass is 10.1. The van der Waals surface area contributed by atoms with E-state index < -0.39 is 11.7 Å². The van der Waals surface area contributed by atoms with Gasteiger partial charge >= 0.3 is 0 Å². The molecule has 0 bridgehead atoms. The topological polar surface area (TPSA) is 85.6 Å². The molecular formula is C19H15FN6OS. The Morgan fingerprint density at radius 1 is 1.25 bits per heavy atom. The van der Waals surface area contributed by atoms with Crippen molar-refractivity contribution in [1.82, 2.24) is 25.0 Å². The summed E-state index contributed by atoms with van der Waals surface area (Å²) in [6, 6.07) is 7.72. The van der Waals surface area contributed by atoms with Crippen molar-refractivity contribution in [2.24, 2.45) is 0 Å². The molecule has 4 rings (SSSR count). The van der Waals surface area contributed by atoms with Crippen molar-refractivity contribution in [2.75, 3.05) is 5.32 Å². The molecule has 4 aromatic rings. The Balaban J connectivity index is 1.58. The molecular weight excluding hydrogens is 379 g/mol. The number of carbonyl (C=O) groups excluding carboxylic acids is 1. The second kappa shape index (κ2) is 7.28. The molecule has 1 N–H and O–H groups in total. The van der Waals surface area contributed by atoms with Crippen LogP contribution in [0.25, 0.3) is 17.1 Å². The Bertz CT molecular complexity index is 1170. The van der Waals surface area contributed by atoms with Crippen molar-refractivity contribution < 1.29 is 9.18 Å². The molecule has 3 aromatic heterocycles. The summed E-state index contributed by atoms with van der Waals surface area (Å²) in [4.78, 5) is 21.5. The summed E-state index contributed by atoms with van der Waals surface area (Å²) in [5.41, 5.74) is 4.21. The Morgan fingerprint density at radius 3 is 2.93 bits per heavy atom. The van der Waals surface area contributed by atoms with E-state index in [0.717, 1.165) is 16.8 Å². The number of hydrogen-bond acceptors (Lipinski definition) is 6. The van der Waals surface area contributed by atoms with Crippen LogP contribution in [0.1, 0.15) is 21.6 Å². The Hall–Kier alpha value is -3.46. The Kier molecular flexibility index (Phi) is 4.66. The van der Waals surface area contributed by atoms with Crippen LogP contribution in [-0.2, 0) is 0 Å².